The SMILES string of the molecule is CNc1ccc(-c2cc3c(N4CCCCC4)ncnc3n2C)cc1. The van der Waals surface area contributed by atoms with Crippen molar-refractivity contribution in [1.29, 1.82) is 0 Å². The largest absolute Gasteiger partial charge is 0.388 e. The van der Waals surface area contributed by atoms with Crippen LogP contribution in [0.5, 0.6) is 0 Å². The fraction of sp³-hybridized carbons (Fsp3) is 0.368. The maximum Gasteiger partial charge on any atom is 0.145 e. The van der Waals surface area contributed by atoms with Crippen LogP contribution in [0.2, 0.25) is 0 Å². The molecule has 5 nitrogen and oxygen atoms in total. The first kappa shape index (κ1) is 15.0. The molecule has 124 valence electrons. The summed E-state index contributed by atoms with van der Waals surface area (Å²) in [5, 5.41) is 4.31. The lowest BCUT2D eigenvalue weighted by molar-refractivity contribution is 0.574. The van der Waals surface area contributed by atoms with E-state index in [0.29, 0.717) is 0 Å². The number of nitrogens with one attached hydrogen (secondary N) is 1. The fourth-order valence-corrected chi connectivity index (χ4v) is 3.56. The smallest absolute Gasteiger partial charge is 0.145 e. The van der Waals surface area contributed by atoms with Crippen LogP contribution in [0, 0.1) is 0 Å². The summed E-state index contributed by atoms with van der Waals surface area (Å²) in [6.07, 6.45) is 5.51. The van der Waals surface area contributed by atoms with Crippen LogP contribution in [0.25, 0.3) is 22.3 Å². The van der Waals surface area contributed by atoms with E-state index >= 15 is 0 Å². The molecule has 0 amide bonds. The van der Waals surface area contributed by atoms with Crippen molar-refractivity contribution in [1.82, 2.24) is 14.5 Å². The summed E-state index contributed by atoms with van der Waals surface area (Å²) in [5.74, 6) is 1.08. The molecule has 3 aromatic rings. The first-order chi connectivity index (χ1) is 11.8. The van der Waals surface area contributed by atoms with Gasteiger partial charge in [-0.1, -0.05) is 12.1 Å². The molecule has 4 rings (SSSR count). The molecule has 1 saturated heterocycles. The summed E-state index contributed by atoms with van der Waals surface area (Å²) in [4.78, 5) is 11.5. The Morgan fingerprint density at radius 2 is 1.75 bits per heavy atom. The number of fused-ring (bicyclic) bond motifs is 1. The van der Waals surface area contributed by atoms with Gasteiger partial charge in [-0.15, -0.1) is 0 Å². The van der Waals surface area contributed by atoms with Crippen molar-refractivity contribution < 1.29 is 0 Å². The van der Waals surface area contributed by atoms with Gasteiger partial charge in [0.25, 0.3) is 0 Å². The number of hydrogen-bond donors (Lipinski definition) is 1. The second-order valence-electron chi connectivity index (χ2n) is 6.40. The zero-order valence-electron chi connectivity index (χ0n) is 14.3. The van der Waals surface area contributed by atoms with Crippen molar-refractivity contribution in [2.75, 3.05) is 30.4 Å². The number of aryl methyl sites for hydroxylation is 1. The van der Waals surface area contributed by atoms with Crippen LogP contribution in [-0.4, -0.2) is 34.7 Å². The Morgan fingerprint density at radius 3 is 2.46 bits per heavy atom. The lowest BCUT2D eigenvalue weighted by Gasteiger charge is -2.27. The average Bonchev–Trinajstić information content (AvgIpc) is 2.99. The number of rotatable bonds is 3. The van der Waals surface area contributed by atoms with Gasteiger partial charge in [0.1, 0.15) is 17.8 Å². The van der Waals surface area contributed by atoms with Crippen molar-refractivity contribution in [2.24, 2.45) is 7.05 Å². The van der Waals surface area contributed by atoms with E-state index in [1.807, 2.05) is 7.05 Å². The first-order valence-electron chi connectivity index (χ1n) is 8.61. The highest BCUT2D eigenvalue weighted by molar-refractivity contribution is 5.92. The number of aromatic nitrogens is 3. The summed E-state index contributed by atoms with van der Waals surface area (Å²) in [7, 11) is 4.02. The highest BCUT2D eigenvalue weighted by atomic mass is 15.2. The minimum absolute atomic E-state index is 0.998. The minimum Gasteiger partial charge on any atom is -0.388 e. The van der Waals surface area contributed by atoms with E-state index in [4.69, 9.17) is 0 Å². The zero-order valence-corrected chi connectivity index (χ0v) is 14.3. The van der Waals surface area contributed by atoms with Gasteiger partial charge >= 0.3 is 0 Å². The fourth-order valence-electron chi connectivity index (χ4n) is 3.56. The molecule has 0 unspecified atom stereocenters. The average molecular weight is 321 g/mol. The number of anilines is 2. The van der Waals surface area contributed by atoms with E-state index in [1.165, 1.54) is 30.5 Å². The van der Waals surface area contributed by atoms with Gasteiger partial charge in [0.05, 0.1) is 11.1 Å². The highest BCUT2D eigenvalue weighted by Crippen LogP contribution is 2.32. The number of benzene rings is 1. The quantitative estimate of drug-likeness (QED) is 0.799. The van der Waals surface area contributed by atoms with Gasteiger partial charge in [0.15, 0.2) is 0 Å². The Bertz CT molecular complexity index is 844. The normalized spacial score (nSPS) is 15.0. The molecular formula is C19H23N5. The molecular weight excluding hydrogens is 298 g/mol. The molecule has 1 aliphatic rings. The number of hydrogen-bond acceptors (Lipinski definition) is 4. The van der Waals surface area contributed by atoms with Crippen LogP contribution in [0.4, 0.5) is 11.5 Å². The van der Waals surface area contributed by atoms with Crippen LogP contribution in [0.3, 0.4) is 0 Å². The molecule has 2 aromatic heterocycles. The summed E-state index contributed by atoms with van der Waals surface area (Å²) in [5.41, 5.74) is 4.48. The van der Waals surface area contributed by atoms with Crippen molar-refractivity contribution in [3.63, 3.8) is 0 Å². The molecule has 0 saturated carbocycles. The molecule has 1 N–H and O–H groups in total. The van der Waals surface area contributed by atoms with E-state index < -0.39 is 0 Å². The van der Waals surface area contributed by atoms with Gasteiger partial charge in [0.2, 0.25) is 0 Å². The van der Waals surface area contributed by atoms with E-state index in [2.05, 4.69) is 62.1 Å². The molecule has 5 heteroatoms. The molecule has 24 heavy (non-hydrogen) atoms. The molecule has 3 heterocycles. The molecule has 0 aliphatic carbocycles. The van der Waals surface area contributed by atoms with Gasteiger partial charge in [0, 0.05) is 32.9 Å². The maximum absolute atomic E-state index is 4.60. The minimum atomic E-state index is 0.998. The standard InChI is InChI=1S/C19H23N5/c1-20-15-8-6-14(7-9-15)17-12-16-18(23(17)2)21-13-22-19(16)24-10-4-3-5-11-24/h6-9,12-13,20H,3-5,10-11H2,1-2H3. The molecule has 1 aromatic carbocycles. The highest BCUT2D eigenvalue weighted by Gasteiger charge is 2.18. The Labute approximate surface area is 142 Å². The third-order valence-corrected chi connectivity index (χ3v) is 4.93. The van der Waals surface area contributed by atoms with Crippen molar-refractivity contribution >= 4 is 22.5 Å². The van der Waals surface area contributed by atoms with Gasteiger partial charge in [-0.25, -0.2) is 9.97 Å². The predicted molar refractivity (Wildman–Crippen MR) is 99.6 cm³/mol. The third kappa shape index (κ3) is 2.50. The van der Waals surface area contributed by atoms with Crippen LogP contribution in [0.1, 0.15) is 19.3 Å². The van der Waals surface area contributed by atoms with E-state index in [-0.39, 0.29) is 0 Å². The van der Waals surface area contributed by atoms with E-state index in [1.54, 1.807) is 6.33 Å². The topological polar surface area (TPSA) is 46.0 Å². The monoisotopic (exact) mass is 321 g/mol. The maximum atomic E-state index is 4.60. The van der Waals surface area contributed by atoms with Gasteiger partial charge < -0.3 is 14.8 Å². The van der Waals surface area contributed by atoms with Gasteiger partial charge in [-0.3, -0.25) is 0 Å². The summed E-state index contributed by atoms with van der Waals surface area (Å²) >= 11 is 0. The Balaban J connectivity index is 1.81. The van der Waals surface area contributed by atoms with Crippen molar-refractivity contribution in [3.05, 3.63) is 36.7 Å². The van der Waals surface area contributed by atoms with Crippen LogP contribution < -0.4 is 10.2 Å². The lowest BCUT2D eigenvalue weighted by Crippen LogP contribution is -2.30. The third-order valence-electron chi connectivity index (χ3n) is 4.93. The predicted octanol–water partition coefficient (Wildman–Crippen LogP) is 3.67. The Kier molecular flexibility index (Phi) is 3.84. The van der Waals surface area contributed by atoms with Crippen LogP contribution >= 0.6 is 0 Å². The summed E-state index contributed by atoms with van der Waals surface area (Å²) in [6, 6.07) is 10.7. The number of piperidine rings is 1. The molecule has 0 radical (unpaired) electrons. The van der Waals surface area contributed by atoms with Crippen LogP contribution in [-0.2, 0) is 7.05 Å². The Hall–Kier alpha value is -2.56. The van der Waals surface area contributed by atoms with Crippen molar-refractivity contribution in [3.8, 4) is 11.3 Å². The van der Waals surface area contributed by atoms with Crippen LogP contribution in [0.15, 0.2) is 36.7 Å². The first-order valence-corrected chi connectivity index (χ1v) is 8.61. The van der Waals surface area contributed by atoms with Crippen molar-refractivity contribution in [2.45, 2.75) is 19.3 Å². The second kappa shape index (κ2) is 6.15. The molecule has 1 aliphatic heterocycles. The molecule has 0 bridgehead atoms. The Morgan fingerprint density at radius 1 is 1.00 bits per heavy atom. The second-order valence-corrected chi connectivity index (χ2v) is 6.40. The summed E-state index contributed by atoms with van der Waals surface area (Å²) < 4.78 is 2.17. The van der Waals surface area contributed by atoms with E-state index in [0.717, 1.165) is 35.6 Å². The van der Waals surface area contributed by atoms with Gasteiger partial charge in [-0.05, 0) is 43.0 Å². The molecule has 1 fully saturated rings. The summed E-state index contributed by atoms with van der Waals surface area (Å²) in [6.45, 7) is 2.18. The van der Waals surface area contributed by atoms with E-state index in [9.17, 15) is 0 Å². The molecule has 0 spiro atoms. The lowest BCUT2D eigenvalue weighted by atomic mass is 10.1. The number of nitrogens with zero attached hydrogens (tertiary/aromatic N) is 4. The zero-order chi connectivity index (χ0) is 16.5. The van der Waals surface area contributed by atoms with Gasteiger partial charge in [-0.2, -0.15) is 0 Å². The molecule has 0 atom stereocenters.